The van der Waals surface area contributed by atoms with E-state index in [0.717, 1.165) is 27.8 Å². The van der Waals surface area contributed by atoms with Crippen molar-refractivity contribution in [2.24, 2.45) is 0 Å². The molecule has 0 saturated heterocycles. The third-order valence-electron chi connectivity index (χ3n) is 5.31. The fourth-order valence-corrected chi connectivity index (χ4v) is 4.01. The summed E-state index contributed by atoms with van der Waals surface area (Å²) in [6.45, 7) is 0.173. The number of nitrogens with one attached hydrogen (secondary N) is 1. The molecule has 0 saturated carbocycles. The minimum atomic E-state index is -0.825. The number of phenols is 1. The van der Waals surface area contributed by atoms with Gasteiger partial charge in [0.25, 0.3) is 0 Å². The van der Waals surface area contributed by atoms with E-state index in [1.807, 2.05) is 36.4 Å². The van der Waals surface area contributed by atoms with Crippen LogP contribution in [-0.4, -0.2) is 29.0 Å². The number of aromatic hydroxyl groups is 1. The van der Waals surface area contributed by atoms with Crippen molar-refractivity contribution in [3.8, 4) is 16.9 Å². The van der Waals surface area contributed by atoms with E-state index in [0.29, 0.717) is 0 Å². The van der Waals surface area contributed by atoms with Gasteiger partial charge in [0.05, 0.1) is 0 Å². The molecule has 6 heteroatoms. The van der Waals surface area contributed by atoms with Gasteiger partial charge in [-0.1, -0.05) is 60.7 Å². The summed E-state index contributed by atoms with van der Waals surface area (Å²) in [5.41, 5.74) is 5.34. The first kappa shape index (κ1) is 20.0. The fourth-order valence-electron chi connectivity index (χ4n) is 3.85. The summed E-state index contributed by atoms with van der Waals surface area (Å²) in [4.78, 5) is 24.3. The average Bonchev–Trinajstić information content (AvgIpc) is 3.07. The van der Waals surface area contributed by atoms with Gasteiger partial charge >= 0.3 is 6.09 Å². The average molecular weight is 420 g/mol. The summed E-state index contributed by atoms with van der Waals surface area (Å²) in [6.07, 6.45) is -0.407. The number of ether oxygens (including phenoxy) is 1. The van der Waals surface area contributed by atoms with Gasteiger partial charge in [0.15, 0.2) is 0 Å². The predicted molar refractivity (Wildman–Crippen MR) is 118 cm³/mol. The molecule has 1 aliphatic rings. The third kappa shape index (κ3) is 4.19. The number of thiol groups is 1. The predicted octanol–water partition coefficient (Wildman–Crippen LogP) is 4.30. The molecule has 1 aliphatic carbocycles. The highest BCUT2D eigenvalue weighted by atomic mass is 32.1. The van der Waals surface area contributed by atoms with Crippen molar-refractivity contribution < 1.29 is 19.4 Å². The number of rotatable bonds is 6. The molecule has 0 bridgehead atoms. The Balaban J connectivity index is 1.43. The smallest absolute Gasteiger partial charge is 0.407 e. The number of carbonyl (C=O) groups is 2. The molecule has 3 aromatic rings. The molecule has 3 aromatic carbocycles. The zero-order chi connectivity index (χ0) is 21.1. The summed E-state index contributed by atoms with van der Waals surface area (Å²) in [5, 5.41) is 11.5. The highest BCUT2D eigenvalue weighted by Crippen LogP contribution is 2.44. The van der Waals surface area contributed by atoms with Crippen LogP contribution in [0.15, 0.2) is 72.8 Å². The van der Waals surface area contributed by atoms with Crippen LogP contribution in [0, 0.1) is 0 Å². The summed E-state index contributed by atoms with van der Waals surface area (Å²) in [5.74, 6) is 0.0856. The van der Waals surface area contributed by atoms with Crippen LogP contribution in [-0.2, 0) is 16.0 Å². The lowest BCUT2D eigenvalue weighted by molar-refractivity contribution is -0.112. The van der Waals surface area contributed by atoms with E-state index in [1.165, 1.54) is 12.1 Å². The number of benzene rings is 3. The lowest BCUT2D eigenvalue weighted by Crippen LogP contribution is -2.41. The summed E-state index contributed by atoms with van der Waals surface area (Å²) in [6, 6.07) is 21.8. The quantitative estimate of drug-likeness (QED) is 0.521. The van der Waals surface area contributed by atoms with Crippen molar-refractivity contribution in [3.05, 3.63) is 89.5 Å². The Kier molecular flexibility index (Phi) is 5.77. The number of amides is 1. The summed E-state index contributed by atoms with van der Waals surface area (Å²) >= 11 is 3.89. The van der Waals surface area contributed by atoms with Crippen LogP contribution < -0.4 is 5.32 Å². The first-order valence-electron chi connectivity index (χ1n) is 9.65. The van der Waals surface area contributed by atoms with Crippen molar-refractivity contribution >= 4 is 23.8 Å². The number of hydrogen-bond acceptors (Lipinski definition) is 4. The van der Waals surface area contributed by atoms with Crippen LogP contribution in [0.2, 0.25) is 0 Å². The molecule has 0 heterocycles. The Morgan fingerprint density at radius 1 is 0.933 bits per heavy atom. The van der Waals surface area contributed by atoms with Crippen LogP contribution in [0.1, 0.15) is 22.6 Å². The zero-order valence-electron chi connectivity index (χ0n) is 16.1. The molecule has 30 heavy (non-hydrogen) atoms. The van der Waals surface area contributed by atoms with Crippen LogP contribution in [0.4, 0.5) is 4.79 Å². The van der Waals surface area contributed by atoms with Crippen LogP contribution in [0.5, 0.6) is 5.75 Å². The molecular formula is C24H21NO4S. The lowest BCUT2D eigenvalue weighted by Gasteiger charge is -2.18. The molecule has 152 valence electrons. The first-order chi connectivity index (χ1) is 14.5. The molecule has 1 atom stereocenters. The third-order valence-corrected chi connectivity index (χ3v) is 5.62. The van der Waals surface area contributed by atoms with Crippen LogP contribution >= 0.6 is 12.6 Å². The van der Waals surface area contributed by atoms with E-state index in [9.17, 15) is 14.7 Å². The van der Waals surface area contributed by atoms with Crippen molar-refractivity contribution in [1.82, 2.24) is 5.32 Å². The maximum atomic E-state index is 12.4. The Bertz CT molecular complexity index is 1040. The van der Waals surface area contributed by atoms with Crippen LogP contribution in [0.25, 0.3) is 11.1 Å². The number of carbonyl (C=O) groups excluding carboxylic acids is 2. The van der Waals surface area contributed by atoms with Gasteiger partial charge in [-0.25, -0.2) is 4.79 Å². The van der Waals surface area contributed by atoms with Crippen molar-refractivity contribution in [3.63, 3.8) is 0 Å². The van der Waals surface area contributed by atoms with Gasteiger partial charge in [0.2, 0.25) is 5.12 Å². The molecule has 0 aliphatic heterocycles. The number of fused-ring (bicyclic) bond motifs is 3. The number of hydrogen-bond donors (Lipinski definition) is 3. The highest BCUT2D eigenvalue weighted by Gasteiger charge is 2.29. The Morgan fingerprint density at radius 2 is 1.50 bits per heavy atom. The SMILES string of the molecule is O=C(N[C@@H](Cc1ccc(O)cc1)C(=O)S)OCC1c2ccccc2-c2ccccc21. The minimum Gasteiger partial charge on any atom is -0.508 e. The van der Waals surface area contributed by atoms with Gasteiger partial charge in [0.1, 0.15) is 18.4 Å². The van der Waals surface area contributed by atoms with Gasteiger partial charge in [-0.05, 0) is 39.9 Å². The molecule has 4 rings (SSSR count). The van der Waals surface area contributed by atoms with Gasteiger partial charge in [0, 0.05) is 12.3 Å². The molecule has 0 radical (unpaired) electrons. The molecule has 1 amide bonds. The molecule has 0 unspecified atom stereocenters. The van der Waals surface area contributed by atoms with E-state index in [-0.39, 0.29) is 24.7 Å². The van der Waals surface area contributed by atoms with Crippen molar-refractivity contribution in [1.29, 1.82) is 0 Å². The zero-order valence-corrected chi connectivity index (χ0v) is 17.0. The first-order valence-corrected chi connectivity index (χ1v) is 10.1. The monoisotopic (exact) mass is 419 g/mol. The van der Waals surface area contributed by atoms with Gasteiger partial charge in [-0.15, -0.1) is 12.6 Å². The van der Waals surface area contributed by atoms with Crippen LogP contribution in [0.3, 0.4) is 0 Å². The lowest BCUT2D eigenvalue weighted by atomic mass is 9.98. The standard InChI is InChI=1S/C24H21NO4S/c26-16-11-9-15(10-12-16)13-22(23(27)30)25-24(28)29-14-21-19-7-3-1-5-17(19)18-6-2-4-8-20(18)21/h1-12,21-22,26H,13-14H2,(H,25,28)(H,27,30)/t22-/m0/s1. The van der Waals surface area contributed by atoms with E-state index >= 15 is 0 Å². The Hall–Kier alpha value is -3.25. The minimum absolute atomic E-state index is 0.0506. The second kappa shape index (κ2) is 8.63. The Morgan fingerprint density at radius 3 is 2.07 bits per heavy atom. The normalized spacial score (nSPS) is 13.2. The van der Waals surface area contributed by atoms with E-state index in [4.69, 9.17) is 4.74 Å². The van der Waals surface area contributed by atoms with Gasteiger partial charge in [-0.3, -0.25) is 4.79 Å². The van der Waals surface area contributed by atoms with Gasteiger partial charge < -0.3 is 15.2 Å². The molecule has 0 fully saturated rings. The number of alkyl carbamates (subject to hydrolysis) is 1. The van der Waals surface area contributed by atoms with E-state index in [1.54, 1.807) is 12.1 Å². The largest absolute Gasteiger partial charge is 0.508 e. The second-order valence-electron chi connectivity index (χ2n) is 7.23. The summed E-state index contributed by atoms with van der Waals surface area (Å²) in [7, 11) is 0. The molecule has 0 spiro atoms. The topological polar surface area (TPSA) is 75.6 Å². The van der Waals surface area contributed by atoms with Crippen molar-refractivity contribution in [2.75, 3.05) is 6.61 Å². The number of phenolic OH excluding ortho intramolecular Hbond substituents is 1. The second-order valence-corrected chi connectivity index (χ2v) is 7.67. The highest BCUT2D eigenvalue weighted by molar-refractivity contribution is 7.96. The molecule has 2 N–H and O–H groups in total. The van der Waals surface area contributed by atoms with Crippen molar-refractivity contribution in [2.45, 2.75) is 18.4 Å². The Labute approximate surface area is 180 Å². The summed E-state index contributed by atoms with van der Waals surface area (Å²) < 4.78 is 5.50. The maximum absolute atomic E-state index is 12.4. The van der Waals surface area contributed by atoms with Gasteiger partial charge in [-0.2, -0.15) is 0 Å². The molecule has 0 aromatic heterocycles. The fraction of sp³-hybridized carbons (Fsp3) is 0.167. The van der Waals surface area contributed by atoms with E-state index in [2.05, 4.69) is 30.1 Å². The molecular weight excluding hydrogens is 398 g/mol. The van der Waals surface area contributed by atoms with E-state index < -0.39 is 17.3 Å². The molecule has 5 nitrogen and oxygen atoms in total. The maximum Gasteiger partial charge on any atom is 0.407 e.